The van der Waals surface area contributed by atoms with Crippen molar-refractivity contribution in [1.82, 2.24) is 20.2 Å². The van der Waals surface area contributed by atoms with E-state index in [2.05, 4.69) is 20.3 Å². The summed E-state index contributed by atoms with van der Waals surface area (Å²) in [4.78, 5) is 16.9. The maximum atomic E-state index is 14.5. The van der Waals surface area contributed by atoms with Crippen molar-refractivity contribution >= 4 is 17.6 Å². The van der Waals surface area contributed by atoms with Crippen LogP contribution in [0, 0.1) is 25.7 Å². The fraction of sp³-hybridized carbons (Fsp3) is 0.588. The Morgan fingerprint density at radius 2 is 1.59 bits per heavy atom. The summed E-state index contributed by atoms with van der Waals surface area (Å²) in [5.74, 6) is 0.402. The summed E-state index contributed by atoms with van der Waals surface area (Å²) in [6.45, 7) is 3.90. The third-order valence-corrected chi connectivity index (χ3v) is 9.90. The summed E-state index contributed by atoms with van der Waals surface area (Å²) in [6, 6.07) is 2.87. The van der Waals surface area contributed by atoms with Gasteiger partial charge < -0.3 is 14.5 Å². The molecule has 1 aliphatic heterocycles. The molecule has 1 atom stereocenters. The molecule has 3 aromatic rings. The average molecular weight is 699 g/mol. The van der Waals surface area contributed by atoms with Crippen molar-refractivity contribution in [1.29, 1.82) is 0 Å². The molecule has 1 aromatic heterocycles. The lowest BCUT2D eigenvalue weighted by Gasteiger charge is -2.36. The Morgan fingerprint density at radius 3 is 2.14 bits per heavy atom. The van der Waals surface area contributed by atoms with Crippen molar-refractivity contribution in [2.75, 3.05) is 30.0 Å². The third kappa shape index (κ3) is 8.29. The normalized spacial score (nSPS) is 20.1. The van der Waals surface area contributed by atoms with E-state index in [1.165, 1.54) is 19.0 Å². The van der Waals surface area contributed by atoms with Gasteiger partial charge in [-0.25, -0.2) is 4.39 Å². The predicted molar refractivity (Wildman–Crippen MR) is 168 cm³/mol. The molecule has 15 heteroatoms. The van der Waals surface area contributed by atoms with E-state index in [0.717, 1.165) is 54.6 Å². The number of carbonyl (C=O) groups is 1. The van der Waals surface area contributed by atoms with Crippen LogP contribution in [0.25, 0.3) is 0 Å². The lowest BCUT2D eigenvalue weighted by atomic mass is 9.80. The maximum Gasteiger partial charge on any atom is 0.416 e. The van der Waals surface area contributed by atoms with Crippen molar-refractivity contribution in [3.8, 4) is 0 Å². The summed E-state index contributed by atoms with van der Waals surface area (Å²) >= 11 is 0. The number of ether oxygens (including phenoxy) is 1. The molecule has 0 spiro atoms. The first kappa shape index (κ1) is 36.4. The number of halogens is 7. The number of carbonyl (C=O) groups excluding carboxylic acids is 1. The van der Waals surface area contributed by atoms with Crippen molar-refractivity contribution < 1.29 is 40.3 Å². The standard InChI is InChI=1S/C34H41F7N6O2/c1-20-12-27-29(47(32-42-44-45(3)43-32)19-24-13-25(33(36,37)38)16-26(14-24)34(39,40)41)6-5-11-46(31(27)21(2)28(20)17-35)18-23-9-7-22(8-10-23)15-30(48)49-4/h12-14,16,22-23,29H,5-11,15,17-19H2,1-4H3. The monoisotopic (exact) mass is 698 g/mol. The number of methoxy groups -OCH3 is 1. The molecule has 1 unspecified atom stereocenters. The first-order valence-corrected chi connectivity index (χ1v) is 16.4. The van der Waals surface area contributed by atoms with E-state index < -0.39 is 36.2 Å². The van der Waals surface area contributed by atoms with Gasteiger partial charge in [0.1, 0.15) is 6.67 Å². The predicted octanol–water partition coefficient (Wildman–Crippen LogP) is 8.05. The van der Waals surface area contributed by atoms with Gasteiger partial charge in [0.15, 0.2) is 0 Å². The van der Waals surface area contributed by atoms with Gasteiger partial charge in [-0.3, -0.25) is 4.79 Å². The second kappa shape index (κ2) is 14.5. The van der Waals surface area contributed by atoms with Crippen LogP contribution in [0.4, 0.5) is 42.4 Å². The number of anilines is 2. The number of tetrazole rings is 1. The van der Waals surface area contributed by atoms with Crippen LogP contribution in [-0.4, -0.2) is 46.4 Å². The number of benzene rings is 2. The molecule has 1 aliphatic carbocycles. The molecule has 2 heterocycles. The minimum Gasteiger partial charge on any atom is -0.469 e. The van der Waals surface area contributed by atoms with E-state index in [0.29, 0.717) is 49.4 Å². The molecule has 2 aromatic carbocycles. The van der Waals surface area contributed by atoms with Gasteiger partial charge in [-0.1, -0.05) is 11.2 Å². The molecule has 1 saturated carbocycles. The van der Waals surface area contributed by atoms with Gasteiger partial charge in [0, 0.05) is 31.7 Å². The fourth-order valence-electron chi connectivity index (χ4n) is 7.44. The molecular formula is C34H41F7N6O2. The Labute approximate surface area is 280 Å². The van der Waals surface area contributed by atoms with Gasteiger partial charge in [0.05, 0.1) is 31.3 Å². The zero-order valence-corrected chi connectivity index (χ0v) is 28.0. The number of aryl methyl sites for hydroxylation is 2. The van der Waals surface area contributed by atoms with E-state index in [-0.39, 0.29) is 36.0 Å². The molecule has 0 amide bonds. The Bertz CT molecular complexity index is 1600. The number of hydrogen-bond acceptors (Lipinski definition) is 7. The molecule has 2 aliphatic rings. The van der Waals surface area contributed by atoms with Crippen LogP contribution in [-0.2, 0) is 42.2 Å². The van der Waals surface area contributed by atoms with Crippen LogP contribution in [0.5, 0.6) is 0 Å². The second-order valence-corrected chi connectivity index (χ2v) is 13.3. The van der Waals surface area contributed by atoms with Crippen LogP contribution in [0.15, 0.2) is 24.3 Å². The fourth-order valence-corrected chi connectivity index (χ4v) is 7.44. The molecule has 1 fully saturated rings. The van der Waals surface area contributed by atoms with E-state index in [9.17, 15) is 35.5 Å². The Morgan fingerprint density at radius 1 is 0.959 bits per heavy atom. The third-order valence-electron chi connectivity index (χ3n) is 9.90. The van der Waals surface area contributed by atoms with E-state index >= 15 is 0 Å². The average Bonchev–Trinajstić information content (AvgIpc) is 3.39. The summed E-state index contributed by atoms with van der Waals surface area (Å²) in [5, 5.41) is 12.4. The van der Waals surface area contributed by atoms with Crippen molar-refractivity contribution in [3.05, 3.63) is 63.2 Å². The molecule has 5 rings (SSSR count). The lowest BCUT2D eigenvalue weighted by molar-refractivity contribution is -0.143. The highest BCUT2D eigenvalue weighted by atomic mass is 19.4. The highest BCUT2D eigenvalue weighted by Crippen LogP contribution is 2.45. The maximum absolute atomic E-state index is 14.5. The number of alkyl halides is 7. The van der Waals surface area contributed by atoms with Crippen molar-refractivity contribution in [3.63, 3.8) is 0 Å². The van der Waals surface area contributed by atoms with Gasteiger partial charge >= 0.3 is 18.3 Å². The zero-order chi connectivity index (χ0) is 35.7. The Balaban J connectivity index is 1.55. The second-order valence-electron chi connectivity index (χ2n) is 13.3. The molecule has 0 radical (unpaired) electrons. The molecule has 0 N–H and O–H groups in total. The van der Waals surface area contributed by atoms with Crippen LogP contribution in [0.2, 0.25) is 0 Å². The van der Waals surface area contributed by atoms with Gasteiger partial charge in [0.25, 0.3) is 5.95 Å². The number of rotatable bonds is 9. The number of hydrogen-bond donors (Lipinski definition) is 0. The highest BCUT2D eigenvalue weighted by molar-refractivity contribution is 5.69. The van der Waals surface area contributed by atoms with Crippen LogP contribution in [0.3, 0.4) is 0 Å². The molecule has 8 nitrogen and oxygen atoms in total. The van der Waals surface area contributed by atoms with Crippen LogP contribution < -0.4 is 9.80 Å². The number of nitrogens with zero attached hydrogens (tertiary/aromatic N) is 6. The summed E-state index contributed by atoms with van der Waals surface area (Å²) in [5.41, 5.74) is 0.548. The molecular weight excluding hydrogens is 657 g/mol. The quantitative estimate of drug-likeness (QED) is 0.165. The van der Waals surface area contributed by atoms with E-state index in [1.807, 2.05) is 13.0 Å². The first-order valence-electron chi connectivity index (χ1n) is 16.4. The van der Waals surface area contributed by atoms with E-state index in [1.54, 1.807) is 11.8 Å². The summed E-state index contributed by atoms with van der Waals surface area (Å²) in [6.07, 6.45) is -4.93. The first-order chi connectivity index (χ1) is 23.1. The molecule has 0 saturated heterocycles. The van der Waals surface area contributed by atoms with Gasteiger partial charge in [-0.2, -0.15) is 31.1 Å². The SMILES string of the molecule is COC(=O)CC1CCC(CN2CCCC(N(Cc3cc(C(F)(F)F)cc(C(F)(F)F)c3)c3nnn(C)n3)c3cc(C)c(CF)c(C)c32)CC1. The van der Waals surface area contributed by atoms with Crippen LogP contribution in [0.1, 0.15) is 89.9 Å². The van der Waals surface area contributed by atoms with Crippen molar-refractivity contribution in [2.45, 2.75) is 90.4 Å². The number of esters is 1. The lowest BCUT2D eigenvalue weighted by Crippen LogP contribution is -2.34. The molecule has 49 heavy (non-hydrogen) atoms. The molecule has 268 valence electrons. The number of aromatic nitrogens is 4. The summed E-state index contributed by atoms with van der Waals surface area (Å²) < 4.78 is 102. The van der Waals surface area contributed by atoms with E-state index in [4.69, 9.17) is 4.74 Å². The van der Waals surface area contributed by atoms with Gasteiger partial charge in [-0.05, 0) is 115 Å². The topological polar surface area (TPSA) is 76.4 Å². The number of fused-ring (bicyclic) bond motifs is 1. The van der Waals surface area contributed by atoms with Gasteiger partial charge in [-0.15, -0.1) is 5.10 Å². The summed E-state index contributed by atoms with van der Waals surface area (Å²) in [7, 11) is 2.90. The largest absolute Gasteiger partial charge is 0.469 e. The minimum atomic E-state index is -5.00. The zero-order valence-electron chi connectivity index (χ0n) is 28.0. The van der Waals surface area contributed by atoms with Gasteiger partial charge in [0.2, 0.25) is 0 Å². The minimum absolute atomic E-state index is 0.0478. The Hall–Kier alpha value is -3.91. The van der Waals surface area contributed by atoms with Crippen LogP contribution >= 0.6 is 0 Å². The highest BCUT2D eigenvalue weighted by Gasteiger charge is 2.38. The van der Waals surface area contributed by atoms with Crippen molar-refractivity contribution in [2.24, 2.45) is 18.9 Å². The molecule has 0 bridgehead atoms. The Kier molecular flexibility index (Phi) is 10.8. The smallest absolute Gasteiger partial charge is 0.416 e.